The fourth-order valence-corrected chi connectivity index (χ4v) is 5.55. The number of hydrogen-bond donors (Lipinski definition) is 1. The second-order valence-electron chi connectivity index (χ2n) is 6.55. The molecule has 0 saturated heterocycles. The number of rotatable bonds is 7. The molecule has 0 aliphatic heterocycles. The maximum absolute atomic E-state index is 12.5. The summed E-state index contributed by atoms with van der Waals surface area (Å²) < 4.78 is 26.4. The molecule has 0 fully saturated rings. The van der Waals surface area contributed by atoms with Gasteiger partial charge in [0.05, 0.1) is 15.5 Å². The number of hydrogen-bond acceptors (Lipinski definition) is 6. The highest BCUT2D eigenvalue weighted by Gasteiger charge is 2.23. The average molecular weight is 434 g/mol. The molecule has 3 rings (SSSR count). The molecule has 1 heterocycles. The molecule has 0 spiro atoms. The van der Waals surface area contributed by atoms with E-state index >= 15 is 0 Å². The number of anilines is 1. The average Bonchev–Trinajstić information content (AvgIpc) is 3.11. The Kier molecular flexibility index (Phi) is 6.61. The van der Waals surface area contributed by atoms with Crippen molar-refractivity contribution in [2.24, 2.45) is 0 Å². The number of Topliss-reactive ketones (excluding diaryl/α,β-unsaturated/α-hetero) is 1. The molecule has 2 aromatic rings. The Labute approximate surface area is 174 Å². The van der Waals surface area contributed by atoms with Crippen molar-refractivity contribution in [3.63, 3.8) is 0 Å². The van der Waals surface area contributed by atoms with Gasteiger partial charge in [-0.2, -0.15) is 4.31 Å². The van der Waals surface area contributed by atoms with Gasteiger partial charge in [0.1, 0.15) is 0 Å². The Morgan fingerprint density at radius 3 is 2.52 bits per heavy atom. The van der Waals surface area contributed by atoms with Gasteiger partial charge in [0.2, 0.25) is 15.9 Å². The summed E-state index contributed by atoms with van der Waals surface area (Å²) in [6, 6.07) is 6.37. The first-order valence-electron chi connectivity index (χ1n) is 9.47. The zero-order valence-corrected chi connectivity index (χ0v) is 18.0. The molecule has 0 unspecified atom stereocenters. The van der Waals surface area contributed by atoms with Gasteiger partial charge in [0, 0.05) is 25.6 Å². The number of thiazole rings is 1. The molecule has 1 amide bonds. The topological polar surface area (TPSA) is 96.4 Å². The number of ketones is 1. The van der Waals surface area contributed by atoms with Crippen molar-refractivity contribution in [2.45, 2.75) is 38.0 Å². The van der Waals surface area contributed by atoms with Crippen molar-refractivity contribution in [1.29, 1.82) is 0 Å². The van der Waals surface area contributed by atoms with Gasteiger partial charge < -0.3 is 0 Å². The third-order valence-corrected chi connectivity index (χ3v) is 7.77. The molecule has 0 bridgehead atoms. The molecule has 154 valence electrons. The second kappa shape index (κ2) is 8.98. The number of aryl methyl sites for hydroxylation is 1. The number of amides is 1. The third-order valence-electron chi connectivity index (χ3n) is 4.65. The van der Waals surface area contributed by atoms with Crippen LogP contribution in [0.4, 0.5) is 5.13 Å². The van der Waals surface area contributed by atoms with Crippen LogP contribution in [-0.2, 0) is 21.2 Å². The molecule has 0 saturated carbocycles. The molecule has 1 aliphatic carbocycles. The number of nitrogens with one attached hydrogen (secondary N) is 1. The van der Waals surface area contributed by atoms with Gasteiger partial charge in [0.25, 0.3) is 0 Å². The molecule has 1 aromatic carbocycles. The zero-order chi connectivity index (χ0) is 21.0. The van der Waals surface area contributed by atoms with E-state index in [-0.39, 0.29) is 16.6 Å². The van der Waals surface area contributed by atoms with Gasteiger partial charge in [-0.05, 0) is 36.6 Å². The Morgan fingerprint density at radius 1 is 1.21 bits per heavy atom. The molecule has 0 radical (unpaired) electrons. The van der Waals surface area contributed by atoms with Crippen molar-refractivity contribution in [2.75, 3.05) is 18.4 Å². The van der Waals surface area contributed by atoms with E-state index in [1.54, 1.807) is 32.1 Å². The number of nitrogens with zero attached hydrogens (tertiary/aromatic N) is 2. The summed E-state index contributed by atoms with van der Waals surface area (Å²) in [6.07, 6.45) is 5.04. The fourth-order valence-electron chi connectivity index (χ4n) is 3.10. The summed E-state index contributed by atoms with van der Waals surface area (Å²) in [7, 11) is -3.50. The molecule has 7 nitrogen and oxygen atoms in total. The summed E-state index contributed by atoms with van der Waals surface area (Å²) in [6.45, 7) is 4.41. The predicted molar refractivity (Wildman–Crippen MR) is 114 cm³/mol. The minimum atomic E-state index is -3.50. The van der Waals surface area contributed by atoms with Gasteiger partial charge in [-0.15, -0.1) is 0 Å². The molecular formula is C20H23N3O4S2. The van der Waals surface area contributed by atoms with E-state index in [2.05, 4.69) is 10.3 Å². The molecule has 0 atom stereocenters. The van der Waals surface area contributed by atoms with Gasteiger partial charge >= 0.3 is 0 Å². The lowest BCUT2D eigenvalue weighted by molar-refractivity contribution is -0.111. The van der Waals surface area contributed by atoms with Crippen LogP contribution in [0.5, 0.6) is 0 Å². The maximum Gasteiger partial charge on any atom is 0.250 e. The van der Waals surface area contributed by atoms with E-state index in [1.165, 1.54) is 33.9 Å². The van der Waals surface area contributed by atoms with E-state index < -0.39 is 10.0 Å². The van der Waals surface area contributed by atoms with Crippen LogP contribution in [-0.4, -0.2) is 42.5 Å². The lowest BCUT2D eigenvalue weighted by Crippen LogP contribution is -2.30. The van der Waals surface area contributed by atoms with Crippen molar-refractivity contribution in [3.05, 3.63) is 46.5 Å². The van der Waals surface area contributed by atoms with E-state index in [9.17, 15) is 18.0 Å². The minimum Gasteiger partial charge on any atom is -0.298 e. The summed E-state index contributed by atoms with van der Waals surface area (Å²) in [5.74, 6) is -0.275. The minimum absolute atomic E-state index is 0.0829. The molecule has 9 heteroatoms. The highest BCUT2D eigenvalue weighted by atomic mass is 32.2. The van der Waals surface area contributed by atoms with E-state index in [4.69, 9.17) is 0 Å². The van der Waals surface area contributed by atoms with Crippen LogP contribution < -0.4 is 5.32 Å². The molecule has 1 aromatic heterocycles. The van der Waals surface area contributed by atoms with Crippen LogP contribution in [0.25, 0.3) is 6.08 Å². The van der Waals surface area contributed by atoms with Gasteiger partial charge in [-0.25, -0.2) is 13.4 Å². The fraction of sp³-hybridized carbons (Fsp3) is 0.350. The first kappa shape index (κ1) is 21.4. The van der Waals surface area contributed by atoms with Crippen LogP contribution in [0.1, 0.15) is 47.6 Å². The molecule has 29 heavy (non-hydrogen) atoms. The highest BCUT2D eigenvalue weighted by molar-refractivity contribution is 7.89. The second-order valence-corrected chi connectivity index (χ2v) is 9.49. The largest absolute Gasteiger partial charge is 0.298 e. The van der Waals surface area contributed by atoms with Crippen molar-refractivity contribution < 1.29 is 18.0 Å². The predicted octanol–water partition coefficient (Wildman–Crippen LogP) is 3.34. The Bertz CT molecular complexity index is 1040. The SMILES string of the molecule is CCN(CC)S(=O)(=O)c1ccc(/C=C/C(=O)Nc2nc3c(s2)C(=O)CCC3)cc1. The van der Waals surface area contributed by atoms with Gasteiger partial charge in [0.15, 0.2) is 10.9 Å². The van der Waals surface area contributed by atoms with Crippen molar-refractivity contribution in [3.8, 4) is 0 Å². The zero-order valence-electron chi connectivity index (χ0n) is 16.3. The highest BCUT2D eigenvalue weighted by Crippen LogP contribution is 2.29. The van der Waals surface area contributed by atoms with Crippen LogP contribution in [0, 0.1) is 0 Å². The monoisotopic (exact) mass is 433 g/mol. The standard InChI is InChI=1S/C20H23N3O4S2/c1-3-23(4-2)29(26,27)15-11-8-14(9-12-15)10-13-18(25)22-20-21-16-6-5-7-17(24)19(16)28-20/h8-13H,3-7H2,1-2H3,(H,21,22,25)/b13-10+. The first-order valence-corrected chi connectivity index (χ1v) is 11.7. The van der Waals surface area contributed by atoms with Crippen LogP contribution >= 0.6 is 11.3 Å². The first-order chi connectivity index (χ1) is 13.8. The molecule has 1 N–H and O–H groups in total. The quantitative estimate of drug-likeness (QED) is 0.676. The lowest BCUT2D eigenvalue weighted by Gasteiger charge is -2.18. The van der Waals surface area contributed by atoms with Crippen molar-refractivity contribution >= 4 is 44.3 Å². The number of fused-ring (bicyclic) bond motifs is 1. The summed E-state index contributed by atoms with van der Waals surface area (Å²) >= 11 is 1.21. The molecule has 1 aliphatic rings. The summed E-state index contributed by atoms with van der Waals surface area (Å²) in [5.41, 5.74) is 1.46. The van der Waals surface area contributed by atoms with Crippen molar-refractivity contribution in [1.82, 2.24) is 9.29 Å². The van der Waals surface area contributed by atoms with Crippen LogP contribution in [0.2, 0.25) is 0 Å². The number of sulfonamides is 1. The lowest BCUT2D eigenvalue weighted by atomic mass is 10.0. The Morgan fingerprint density at radius 2 is 1.90 bits per heavy atom. The van der Waals surface area contributed by atoms with Gasteiger partial charge in [-0.3, -0.25) is 14.9 Å². The maximum atomic E-state index is 12.5. The van der Waals surface area contributed by atoms with Crippen LogP contribution in [0.15, 0.2) is 35.2 Å². The van der Waals surface area contributed by atoms with E-state index in [1.807, 2.05) is 0 Å². The number of carbonyl (C=O) groups is 2. The smallest absolute Gasteiger partial charge is 0.250 e. The van der Waals surface area contributed by atoms with Crippen LogP contribution in [0.3, 0.4) is 0 Å². The van der Waals surface area contributed by atoms with E-state index in [0.717, 1.165) is 18.5 Å². The summed E-state index contributed by atoms with van der Waals surface area (Å²) in [4.78, 5) is 29.2. The number of aromatic nitrogens is 1. The normalized spacial score (nSPS) is 14.4. The number of carbonyl (C=O) groups excluding carboxylic acids is 2. The third kappa shape index (κ3) is 4.80. The Balaban J connectivity index is 1.66. The summed E-state index contributed by atoms with van der Waals surface area (Å²) in [5, 5.41) is 3.10. The number of benzene rings is 1. The molecular weight excluding hydrogens is 410 g/mol. The Hall–Kier alpha value is -2.36. The van der Waals surface area contributed by atoms with E-state index in [0.29, 0.717) is 35.1 Å². The van der Waals surface area contributed by atoms with Gasteiger partial charge in [-0.1, -0.05) is 37.3 Å².